The lowest BCUT2D eigenvalue weighted by Gasteiger charge is -2.45. The second-order valence-corrected chi connectivity index (χ2v) is 16.5. The van der Waals surface area contributed by atoms with Crippen LogP contribution in [0.4, 0.5) is 41.9 Å². The number of aromatic nitrogens is 3. The molecule has 1 aliphatic carbocycles. The lowest BCUT2D eigenvalue weighted by Crippen LogP contribution is -2.56. The van der Waals surface area contributed by atoms with Crippen LogP contribution in [0.25, 0.3) is 11.3 Å². The SMILES string of the molecule is C=CC(=O)Nc1cc(Nc2nc(-c3ccnc(N4CCn5c(cc6c5CC(C)(C)C6)C4=O)c3CO)ccc2C(F)(F)F)ccc1N1CCN(C2CCOCC2)C[C@@H]1C. The van der Waals surface area contributed by atoms with E-state index in [1.165, 1.54) is 22.9 Å². The average Bonchev–Trinajstić information content (AvgIpc) is 3.69. The van der Waals surface area contributed by atoms with E-state index in [2.05, 4.69) is 62.3 Å². The monoisotopic (exact) mass is 798 g/mol. The highest BCUT2D eigenvalue weighted by atomic mass is 19.4. The van der Waals surface area contributed by atoms with E-state index in [1.54, 1.807) is 24.3 Å². The van der Waals surface area contributed by atoms with Gasteiger partial charge in [0.25, 0.3) is 5.91 Å². The van der Waals surface area contributed by atoms with Gasteiger partial charge in [0.1, 0.15) is 17.3 Å². The molecule has 306 valence electrons. The normalized spacial score (nSPS) is 19.8. The first-order valence-corrected chi connectivity index (χ1v) is 19.9. The number of rotatable bonds is 9. The summed E-state index contributed by atoms with van der Waals surface area (Å²) in [6.07, 6.45) is 1.58. The summed E-state index contributed by atoms with van der Waals surface area (Å²) < 4.78 is 51.3. The molecule has 15 heteroatoms. The lowest BCUT2D eigenvalue weighted by atomic mass is 9.90. The molecule has 4 aliphatic rings. The van der Waals surface area contributed by atoms with Crippen molar-refractivity contribution in [2.45, 2.75) is 77.9 Å². The topological polar surface area (TPSA) is 128 Å². The van der Waals surface area contributed by atoms with Crippen LogP contribution in [0.15, 0.2) is 61.3 Å². The smallest absolute Gasteiger partial charge is 0.392 e. The zero-order chi connectivity index (χ0) is 40.9. The first-order chi connectivity index (χ1) is 27.7. The number of hydrogen-bond donors (Lipinski definition) is 3. The fourth-order valence-electron chi connectivity index (χ4n) is 9.17. The van der Waals surface area contributed by atoms with Crippen molar-refractivity contribution >= 4 is 40.5 Å². The molecule has 0 spiro atoms. The van der Waals surface area contributed by atoms with Crippen molar-refractivity contribution in [3.05, 3.63) is 89.4 Å². The molecule has 2 amide bonds. The molecule has 4 aromatic rings. The fraction of sp³-hybridized carbons (Fsp3) is 0.442. The highest BCUT2D eigenvalue weighted by Crippen LogP contribution is 2.42. The molecule has 12 nitrogen and oxygen atoms in total. The number of pyridine rings is 2. The van der Waals surface area contributed by atoms with Gasteiger partial charge in [0.15, 0.2) is 0 Å². The number of hydrogen-bond acceptors (Lipinski definition) is 9. The molecule has 1 aromatic carbocycles. The number of nitrogens with zero attached hydrogens (tertiary/aromatic N) is 6. The molecule has 3 aliphatic heterocycles. The number of halogens is 3. The minimum absolute atomic E-state index is 0.0925. The number of anilines is 5. The Bertz CT molecular complexity index is 2250. The van der Waals surface area contributed by atoms with Crippen molar-refractivity contribution in [1.29, 1.82) is 0 Å². The van der Waals surface area contributed by atoms with Crippen molar-refractivity contribution in [3.63, 3.8) is 0 Å². The average molecular weight is 799 g/mol. The molecule has 2 fully saturated rings. The van der Waals surface area contributed by atoms with Crippen LogP contribution in [-0.4, -0.2) is 87.8 Å². The molecule has 0 radical (unpaired) electrons. The number of amides is 2. The summed E-state index contributed by atoms with van der Waals surface area (Å²) in [5, 5.41) is 16.4. The summed E-state index contributed by atoms with van der Waals surface area (Å²) in [5.41, 5.74) is 4.19. The third-order valence-electron chi connectivity index (χ3n) is 11.9. The van der Waals surface area contributed by atoms with Gasteiger partial charge >= 0.3 is 6.18 Å². The van der Waals surface area contributed by atoms with Gasteiger partial charge in [-0.2, -0.15) is 13.2 Å². The van der Waals surface area contributed by atoms with Crippen LogP contribution >= 0.6 is 0 Å². The van der Waals surface area contributed by atoms with Crippen molar-refractivity contribution in [1.82, 2.24) is 19.4 Å². The number of aliphatic hydroxyl groups excluding tert-OH is 1. The number of ether oxygens (including phenoxy) is 1. The Balaban J connectivity index is 1.09. The van der Waals surface area contributed by atoms with Gasteiger partial charge in [-0.15, -0.1) is 0 Å². The number of fused-ring (bicyclic) bond motifs is 3. The van der Waals surface area contributed by atoms with Crippen LogP contribution in [0.3, 0.4) is 0 Å². The van der Waals surface area contributed by atoms with Gasteiger partial charge in [-0.3, -0.25) is 19.4 Å². The van der Waals surface area contributed by atoms with Gasteiger partial charge in [0.2, 0.25) is 5.91 Å². The summed E-state index contributed by atoms with van der Waals surface area (Å²) in [5.74, 6) is -0.945. The highest BCUT2D eigenvalue weighted by molar-refractivity contribution is 6.06. The number of alkyl halides is 3. The number of aliphatic hydroxyl groups is 1. The maximum Gasteiger partial charge on any atom is 0.419 e. The first kappa shape index (κ1) is 39.6. The van der Waals surface area contributed by atoms with Crippen molar-refractivity contribution in [3.8, 4) is 11.3 Å². The van der Waals surface area contributed by atoms with Gasteiger partial charge in [0.05, 0.1) is 29.2 Å². The molecular weight excluding hydrogens is 750 g/mol. The Morgan fingerprint density at radius 3 is 2.59 bits per heavy atom. The molecule has 1 atom stereocenters. The molecule has 3 aromatic heterocycles. The second kappa shape index (κ2) is 15.5. The molecule has 0 unspecified atom stereocenters. The predicted octanol–water partition coefficient (Wildman–Crippen LogP) is 6.80. The quantitative estimate of drug-likeness (QED) is 0.157. The van der Waals surface area contributed by atoms with Gasteiger partial charge < -0.3 is 29.9 Å². The summed E-state index contributed by atoms with van der Waals surface area (Å²) in [6.45, 7) is 14.3. The standard InChI is InChI=1S/C43H49F3N8O4/c1-5-38(56)49-34-21-28(6-9-35(34)52-15-14-51(24-26(52)2)29-11-18-58-19-12-29)48-39-32(43(44,45)46)7-8-33(50-39)30-10-13-47-40(31(30)25-55)54-17-16-53-36(41(54)57)20-27-22-42(3,4)23-37(27)53/h5-10,13,20-21,26,29,55H,1,11-12,14-19,22-25H2,2-4H3,(H,48,50)(H,49,56)/t26-/m0/s1. The number of carbonyl (C=O) groups excluding carboxylic acids is 2. The van der Waals surface area contributed by atoms with E-state index < -0.39 is 30.1 Å². The fourth-order valence-corrected chi connectivity index (χ4v) is 9.17. The minimum atomic E-state index is -4.76. The van der Waals surface area contributed by atoms with Gasteiger partial charge in [0, 0.05) is 86.7 Å². The van der Waals surface area contributed by atoms with E-state index in [-0.39, 0.29) is 40.1 Å². The molecule has 3 N–H and O–H groups in total. The minimum Gasteiger partial charge on any atom is -0.392 e. The Labute approximate surface area is 335 Å². The number of carbonyl (C=O) groups is 2. The van der Waals surface area contributed by atoms with E-state index in [0.29, 0.717) is 42.6 Å². The van der Waals surface area contributed by atoms with Crippen LogP contribution in [0.2, 0.25) is 0 Å². The largest absolute Gasteiger partial charge is 0.419 e. The Kier molecular flexibility index (Phi) is 10.6. The Morgan fingerprint density at radius 1 is 1.07 bits per heavy atom. The third-order valence-corrected chi connectivity index (χ3v) is 11.9. The molecule has 58 heavy (non-hydrogen) atoms. The van der Waals surface area contributed by atoms with Crippen LogP contribution < -0.4 is 20.4 Å². The zero-order valence-electron chi connectivity index (χ0n) is 33.0. The molecule has 0 saturated carbocycles. The highest BCUT2D eigenvalue weighted by Gasteiger charge is 2.39. The first-order valence-electron chi connectivity index (χ1n) is 19.9. The van der Waals surface area contributed by atoms with Crippen molar-refractivity contribution in [2.75, 3.05) is 59.8 Å². The van der Waals surface area contributed by atoms with Gasteiger partial charge in [-0.1, -0.05) is 20.4 Å². The molecular formula is C43H49F3N8O4. The van der Waals surface area contributed by atoms with Crippen LogP contribution in [-0.2, 0) is 41.7 Å². The molecule has 2 saturated heterocycles. The summed E-state index contributed by atoms with van der Waals surface area (Å²) >= 11 is 0. The predicted molar refractivity (Wildman–Crippen MR) is 216 cm³/mol. The number of piperazine rings is 1. The van der Waals surface area contributed by atoms with Crippen molar-refractivity contribution < 1.29 is 32.6 Å². The number of benzene rings is 1. The Hall–Kier alpha value is -5.25. The molecule has 0 bridgehead atoms. The Morgan fingerprint density at radius 2 is 1.86 bits per heavy atom. The second-order valence-electron chi connectivity index (χ2n) is 16.5. The number of nitrogens with one attached hydrogen (secondary N) is 2. The van der Waals surface area contributed by atoms with Crippen LogP contribution in [0.5, 0.6) is 0 Å². The van der Waals surface area contributed by atoms with E-state index >= 15 is 0 Å². The zero-order valence-corrected chi connectivity index (χ0v) is 33.0. The molecule has 6 heterocycles. The van der Waals surface area contributed by atoms with Gasteiger partial charge in [-0.25, -0.2) is 9.97 Å². The van der Waals surface area contributed by atoms with E-state index in [1.807, 2.05) is 6.07 Å². The van der Waals surface area contributed by atoms with Crippen molar-refractivity contribution in [2.24, 2.45) is 5.41 Å². The van der Waals surface area contributed by atoms with E-state index in [4.69, 9.17) is 4.74 Å². The van der Waals surface area contributed by atoms with Gasteiger partial charge in [-0.05, 0) is 92.1 Å². The maximum absolute atomic E-state index is 14.6. The summed E-state index contributed by atoms with van der Waals surface area (Å²) in [4.78, 5) is 41.8. The third kappa shape index (κ3) is 7.58. The van der Waals surface area contributed by atoms with Crippen LogP contribution in [0, 0.1) is 5.41 Å². The summed E-state index contributed by atoms with van der Waals surface area (Å²) in [6, 6.07) is 11.3. The summed E-state index contributed by atoms with van der Waals surface area (Å²) in [7, 11) is 0. The van der Waals surface area contributed by atoms with E-state index in [9.17, 15) is 27.9 Å². The van der Waals surface area contributed by atoms with Crippen LogP contribution in [0.1, 0.15) is 66.5 Å². The molecule has 8 rings (SSSR count). The lowest BCUT2D eigenvalue weighted by molar-refractivity contribution is -0.137. The maximum atomic E-state index is 14.6. The van der Waals surface area contributed by atoms with E-state index in [0.717, 1.165) is 75.4 Å².